The predicted octanol–water partition coefficient (Wildman–Crippen LogP) is -0.439. The second kappa shape index (κ2) is 5.96. The van der Waals surface area contributed by atoms with E-state index in [0.29, 0.717) is 6.04 Å². The molecule has 2 unspecified atom stereocenters. The van der Waals surface area contributed by atoms with Crippen molar-refractivity contribution in [2.45, 2.75) is 18.9 Å². The molecule has 0 amide bonds. The molecule has 2 rings (SSSR count). The van der Waals surface area contributed by atoms with Crippen LogP contribution in [0.5, 0.6) is 0 Å². The van der Waals surface area contributed by atoms with Crippen LogP contribution in [0.2, 0.25) is 0 Å². The first-order valence-corrected chi connectivity index (χ1v) is 6.63. The largest absolute Gasteiger partial charge is 0.327 e. The van der Waals surface area contributed by atoms with Gasteiger partial charge in [-0.15, -0.1) is 0 Å². The number of nitrogens with one attached hydrogen (secondary N) is 1. The molecule has 0 aliphatic carbocycles. The van der Waals surface area contributed by atoms with Crippen molar-refractivity contribution < 1.29 is 0 Å². The lowest BCUT2D eigenvalue weighted by molar-refractivity contribution is 0.223. The zero-order chi connectivity index (χ0) is 11.4. The van der Waals surface area contributed by atoms with Crippen LogP contribution in [0.3, 0.4) is 0 Å². The minimum absolute atomic E-state index is 0.403. The number of nitrogens with two attached hydrogens (primary N) is 1. The van der Waals surface area contributed by atoms with E-state index < -0.39 is 0 Å². The third-order valence-corrected chi connectivity index (χ3v) is 4.02. The van der Waals surface area contributed by atoms with Crippen molar-refractivity contribution in [1.82, 2.24) is 15.1 Å². The summed E-state index contributed by atoms with van der Waals surface area (Å²) in [6.45, 7) is 8.27. The second-order valence-corrected chi connectivity index (χ2v) is 5.36. The maximum atomic E-state index is 6.29. The summed E-state index contributed by atoms with van der Waals surface area (Å²) >= 11 is 0. The summed E-state index contributed by atoms with van der Waals surface area (Å²) in [5.74, 6) is 0.730. The third kappa shape index (κ3) is 3.42. The van der Waals surface area contributed by atoms with Gasteiger partial charge in [0.2, 0.25) is 0 Å². The lowest BCUT2D eigenvalue weighted by Gasteiger charge is -2.29. The van der Waals surface area contributed by atoms with Crippen molar-refractivity contribution in [1.29, 1.82) is 0 Å². The van der Waals surface area contributed by atoms with E-state index in [1.165, 1.54) is 45.6 Å². The zero-order valence-corrected chi connectivity index (χ0v) is 10.5. The first-order valence-electron chi connectivity index (χ1n) is 6.63. The van der Waals surface area contributed by atoms with E-state index in [1.807, 2.05) is 0 Å². The fraction of sp³-hybridized carbons (Fsp3) is 1.00. The van der Waals surface area contributed by atoms with E-state index in [9.17, 15) is 0 Å². The molecular weight excluding hydrogens is 200 g/mol. The lowest BCUT2D eigenvalue weighted by Crippen LogP contribution is -2.45. The van der Waals surface area contributed by atoms with Crippen molar-refractivity contribution in [3.8, 4) is 0 Å². The zero-order valence-electron chi connectivity index (χ0n) is 10.5. The fourth-order valence-electron chi connectivity index (χ4n) is 2.82. The van der Waals surface area contributed by atoms with Crippen LogP contribution in [0.4, 0.5) is 0 Å². The average molecular weight is 226 g/mol. The predicted molar refractivity (Wildman–Crippen MR) is 67.5 cm³/mol. The van der Waals surface area contributed by atoms with Crippen LogP contribution in [-0.4, -0.2) is 68.7 Å². The third-order valence-electron chi connectivity index (χ3n) is 4.02. The van der Waals surface area contributed by atoms with Crippen LogP contribution in [-0.2, 0) is 0 Å². The maximum absolute atomic E-state index is 6.29. The highest BCUT2D eigenvalue weighted by molar-refractivity contribution is 4.82. The summed E-state index contributed by atoms with van der Waals surface area (Å²) in [5.41, 5.74) is 6.29. The molecule has 94 valence electrons. The number of rotatable bonds is 4. The van der Waals surface area contributed by atoms with Crippen LogP contribution in [0.1, 0.15) is 12.8 Å². The van der Waals surface area contributed by atoms with Crippen molar-refractivity contribution >= 4 is 0 Å². The molecule has 0 aromatic carbocycles. The van der Waals surface area contributed by atoms with Gasteiger partial charge >= 0.3 is 0 Å². The van der Waals surface area contributed by atoms with Gasteiger partial charge < -0.3 is 20.9 Å². The molecule has 0 aromatic heterocycles. The van der Waals surface area contributed by atoms with E-state index in [1.54, 1.807) is 0 Å². The molecule has 2 aliphatic rings. The van der Waals surface area contributed by atoms with Gasteiger partial charge in [-0.2, -0.15) is 0 Å². The quantitative estimate of drug-likeness (QED) is 0.682. The minimum Gasteiger partial charge on any atom is -0.327 e. The Balaban J connectivity index is 1.64. The summed E-state index contributed by atoms with van der Waals surface area (Å²) in [7, 11) is 2.20. The van der Waals surface area contributed by atoms with E-state index >= 15 is 0 Å². The Morgan fingerprint density at radius 3 is 2.69 bits per heavy atom. The summed E-state index contributed by atoms with van der Waals surface area (Å²) < 4.78 is 0. The van der Waals surface area contributed by atoms with E-state index in [2.05, 4.69) is 22.2 Å². The molecule has 0 bridgehead atoms. The van der Waals surface area contributed by atoms with Crippen LogP contribution in [0.15, 0.2) is 0 Å². The Morgan fingerprint density at radius 1 is 1.31 bits per heavy atom. The van der Waals surface area contributed by atoms with Gasteiger partial charge in [0.25, 0.3) is 0 Å². The first-order chi connectivity index (χ1) is 7.75. The van der Waals surface area contributed by atoms with Gasteiger partial charge in [-0.25, -0.2) is 0 Å². The molecule has 2 fully saturated rings. The van der Waals surface area contributed by atoms with Gasteiger partial charge in [-0.3, -0.25) is 0 Å². The number of likely N-dealkylation sites (tertiary alicyclic amines) is 1. The smallest absolute Gasteiger partial charge is 0.0107 e. The van der Waals surface area contributed by atoms with Gasteiger partial charge in [0, 0.05) is 38.8 Å². The topological polar surface area (TPSA) is 44.5 Å². The van der Waals surface area contributed by atoms with Crippen molar-refractivity contribution in [3.63, 3.8) is 0 Å². The number of nitrogens with zero attached hydrogens (tertiary/aromatic N) is 2. The summed E-state index contributed by atoms with van der Waals surface area (Å²) in [6, 6.07) is 0.403. The van der Waals surface area contributed by atoms with Crippen LogP contribution < -0.4 is 11.1 Å². The number of hydrogen-bond acceptors (Lipinski definition) is 4. The molecule has 2 saturated heterocycles. The van der Waals surface area contributed by atoms with Gasteiger partial charge in [0.05, 0.1) is 0 Å². The normalized spacial score (nSPS) is 30.8. The molecule has 2 aliphatic heterocycles. The molecular formula is C12H26N4. The Kier molecular flexibility index (Phi) is 4.58. The van der Waals surface area contributed by atoms with Crippen molar-refractivity contribution in [3.05, 3.63) is 0 Å². The van der Waals surface area contributed by atoms with Gasteiger partial charge in [-0.1, -0.05) is 0 Å². The van der Waals surface area contributed by atoms with Crippen molar-refractivity contribution in [2.24, 2.45) is 11.7 Å². The Labute approximate surface area is 99.2 Å². The van der Waals surface area contributed by atoms with Crippen molar-refractivity contribution in [2.75, 3.05) is 52.9 Å². The van der Waals surface area contributed by atoms with Crippen LogP contribution >= 0.6 is 0 Å². The molecule has 4 heteroatoms. The SMILES string of the molecule is CN1CCC(C(N)CCN2CCNCC2)C1. The Morgan fingerprint density at radius 2 is 2.06 bits per heavy atom. The summed E-state index contributed by atoms with van der Waals surface area (Å²) in [4.78, 5) is 4.93. The van der Waals surface area contributed by atoms with E-state index in [0.717, 1.165) is 19.0 Å². The standard InChI is InChI=1S/C12H26N4/c1-15-6-2-11(10-15)12(13)3-7-16-8-4-14-5-9-16/h11-12,14H,2-10,13H2,1H3. The van der Waals surface area contributed by atoms with Crippen LogP contribution in [0.25, 0.3) is 0 Å². The number of piperazine rings is 1. The van der Waals surface area contributed by atoms with Gasteiger partial charge in [-0.05, 0) is 38.9 Å². The molecule has 16 heavy (non-hydrogen) atoms. The minimum atomic E-state index is 0.403. The van der Waals surface area contributed by atoms with Gasteiger partial charge in [0.15, 0.2) is 0 Å². The highest BCUT2D eigenvalue weighted by Crippen LogP contribution is 2.19. The van der Waals surface area contributed by atoms with Gasteiger partial charge in [0.1, 0.15) is 0 Å². The molecule has 0 aromatic rings. The molecule has 3 N–H and O–H groups in total. The second-order valence-electron chi connectivity index (χ2n) is 5.36. The highest BCUT2D eigenvalue weighted by atomic mass is 15.2. The maximum Gasteiger partial charge on any atom is 0.0107 e. The fourth-order valence-corrected chi connectivity index (χ4v) is 2.82. The average Bonchev–Trinajstić information content (AvgIpc) is 2.74. The molecule has 2 heterocycles. The lowest BCUT2D eigenvalue weighted by atomic mass is 9.97. The summed E-state index contributed by atoms with van der Waals surface area (Å²) in [6.07, 6.45) is 2.46. The summed E-state index contributed by atoms with van der Waals surface area (Å²) in [5, 5.41) is 3.38. The monoisotopic (exact) mass is 226 g/mol. The first kappa shape index (κ1) is 12.3. The molecule has 2 atom stereocenters. The molecule has 4 nitrogen and oxygen atoms in total. The number of hydrogen-bond donors (Lipinski definition) is 2. The molecule has 0 saturated carbocycles. The van der Waals surface area contributed by atoms with Crippen LogP contribution in [0, 0.1) is 5.92 Å². The molecule has 0 radical (unpaired) electrons. The van der Waals surface area contributed by atoms with E-state index in [-0.39, 0.29) is 0 Å². The highest BCUT2D eigenvalue weighted by Gasteiger charge is 2.25. The van der Waals surface area contributed by atoms with E-state index in [4.69, 9.17) is 5.73 Å². The Hall–Kier alpha value is -0.160. The molecule has 0 spiro atoms. The Bertz CT molecular complexity index is 203.